The molecule has 0 saturated carbocycles. The van der Waals surface area contributed by atoms with E-state index >= 15 is 0 Å². The van der Waals surface area contributed by atoms with Crippen LogP contribution >= 0.6 is 23.4 Å². The minimum atomic E-state index is -0.525. The first kappa shape index (κ1) is 19.8. The molecule has 0 aliphatic rings. The van der Waals surface area contributed by atoms with Crippen molar-refractivity contribution in [1.82, 2.24) is 15.0 Å². The summed E-state index contributed by atoms with van der Waals surface area (Å²) in [6.45, 7) is 2.76. The monoisotopic (exact) mass is 417 g/mol. The topological polar surface area (TPSA) is 102 Å². The molecule has 1 N–H and O–H groups in total. The Morgan fingerprint density at radius 1 is 1.39 bits per heavy atom. The number of aromatic nitrogens is 2. The number of carbonyl (C=O) groups is 1. The predicted molar refractivity (Wildman–Crippen MR) is 110 cm³/mol. The molecular formula is C18H16ClN5O3S. The summed E-state index contributed by atoms with van der Waals surface area (Å²) in [5.74, 6) is -0.193. The fourth-order valence-corrected chi connectivity index (χ4v) is 3.59. The molecule has 0 radical (unpaired) electrons. The number of rotatable bonds is 7. The van der Waals surface area contributed by atoms with E-state index in [0.717, 1.165) is 22.7 Å². The molecule has 0 fully saturated rings. The summed E-state index contributed by atoms with van der Waals surface area (Å²) in [4.78, 5) is 26.9. The van der Waals surface area contributed by atoms with E-state index in [4.69, 9.17) is 11.6 Å². The highest BCUT2D eigenvalue weighted by Gasteiger charge is 2.12. The molecule has 144 valence electrons. The molecule has 3 rings (SSSR count). The molecule has 10 heteroatoms. The normalized spacial score (nSPS) is 11.2. The molecule has 0 aliphatic heterocycles. The summed E-state index contributed by atoms with van der Waals surface area (Å²) in [6, 6.07) is 11.8. The lowest BCUT2D eigenvalue weighted by Gasteiger charge is -2.05. The number of imidazole rings is 1. The largest absolute Gasteiger partial charge is 0.319 e. The Labute approximate surface area is 169 Å². The van der Waals surface area contributed by atoms with Crippen molar-refractivity contribution in [1.29, 1.82) is 0 Å². The summed E-state index contributed by atoms with van der Waals surface area (Å²) in [7, 11) is 0. The van der Waals surface area contributed by atoms with E-state index in [9.17, 15) is 14.9 Å². The minimum absolute atomic E-state index is 0.105. The lowest BCUT2D eigenvalue weighted by Crippen LogP contribution is -2.20. The molecule has 0 atom stereocenters. The van der Waals surface area contributed by atoms with Gasteiger partial charge in [0.05, 0.1) is 27.9 Å². The second kappa shape index (κ2) is 8.85. The second-order valence-electron chi connectivity index (χ2n) is 5.67. The number of nitrogens with zero attached hydrogens (tertiary/aromatic N) is 4. The van der Waals surface area contributed by atoms with Gasteiger partial charge in [-0.3, -0.25) is 14.9 Å². The number of hydrogen-bond donors (Lipinski definition) is 1. The summed E-state index contributed by atoms with van der Waals surface area (Å²) in [5.41, 5.74) is 4.53. The Hall–Kier alpha value is -2.91. The molecule has 0 unspecified atom stereocenters. The number of non-ortho nitro benzene ring substituents is 1. The van der Waals surface area contributed by atoms with E-state index in [0.29, 0.717) is 10.6 Å². The van der Waals surface area contributed by atoms with E-state index in [1.54, 1.807) is 0 Å². The Bertz CT molecular complexity index is 1070. The van der Waals surface area contributed by atoms with E-state index in [2.05, 4.69) is 15.5 Å². The smallest absolute Gasteiger partial charge is 0.270 e. The van der Waals surface area contributed by atoms with Crippen LogP contribution in [0.25, 0.3) is 11.0 Å². The number of halogens is 1. The molecule has 1 aromatic heterocycles. The number of hydrazone groups is 1. The third-order valence-electron chi connectivity index (χ3n) is 3.85. The highest BCUT2D eigenvalue weighted by Crippen LogP contribution is 2.24. The number of nitrogens with one attached hydrogen (secondary N) is 1. The Kier molecular flexibility index (Phi) is 6.27. The average molecular weight is 418 g/mol. The number of carbonyl (C=O) groups excluding carboxylic acids is 1. The quantitative estimate of drug-likeness (QED) is 0.272. The second-order valence-corrected chi connectivity index (χ2v) is 7.02. The summed E-state index contributed by atoms with van der Waals surface area (Å²) in [6.07, 6.45) is 1.28. The predicted octanol–water partition coefficient (Wildman–Crippen LogP) is 3.86. The van der Waals surface area contributed by atoms with Crippen LogP contribution in [-0.4, -0.2) is 32.3 Å². The van der Waals surface area contributed by atoms with Crippen LogP contribution in [0.2, 0.25) is 5.02 Å². The van der Waals surface area contributed by atoms with Crippen LogP contribution in [-0.2, 0) is 11.3 Å². The van der Waals surface area contributed by atoms with Crippen molar-refractivity contribution in [2.75, 3.05) is 5.75 Å². The maximum atomic E-state index is 12.1. The molecule has 0 saturated heterocycles. The number of fused-ring (bicyclic) bond motifs is 1. The van der Waals surface area contributed by atoms with Gasteiger partial charge in [-0.25, -0.2) is 10.4 Å². The van der Waals surface area contributed by atoms with Gasteiger partial charge in [-0.2, -0.15) is 5.10 Å². The maximum absolute atomic E-state index is 12.1. The standard InChI is InChI=1S/C18H16ClN5O3S/c1-2-23-16-6-4-3-5-15(16)21-18(23)28-11-17(25)22-20-10-12-9-13(24(26)27)7-8-14(12)19/h3-10H,2,11H2,1H3,(H,22,25)/b20-10+. The van der Waals surface area contributed by atoms with Crippen molar-refractivity contribution in [3.8, 4) is 0 Å². The van der Waals surface area contributed by atoms with Gasteiger partial charge >= 0.3 is 0 Å². The van der Waals surface area contributed by atoms with Crippen LogP contribution in [0.3, 0.4) is 0 Å². The zero-order valence-corrected chi connectivity index (χ0v) is 16.4. The third kappa shape index (κ3) is 4.49. The molecule has 8 nitrogen and oxygen atoms in total. The Morgan fingerprint density at radius 2 is 2.18 bits per heavy atom. The molecule has 28 heavy (non-hydrogen) atoms. The van der Waals surface area contributed by atoms with E-state index < -0.39 is 4.92 Å². The minimum Gasteiger partial charge on any atom is -0.319 e. The molecule has 2 aromatic carbocycles. The first-order valence-electron chi connectivity index (χ1n) is 8.33. The highest BCUT2D eigenvalue weighted by molar-refractivity contribution is 7.99. The zero-order chi connectivity index (χ0) is 20.1. The van der Waals surface area contributed by atoms with Crippen LogP contribution in [0.1, 0.15) is 12.5 Å². The van der Waals surface area contributed by atoms with E-state index in [-0.39, 0.29) is 17.3 Å². The van der Waals surface area contributed by atoms with Crippen LogP contribution in [0.5, 0.6) is 0 Å². The maximum Gasteiger partial charge on any atom is 0.270 e. The number of para-hydroxylation sites is 2. The highest BCUT2D eigenvalue weighted by atomic mass is 35.5. The number of nitro groups is 1. The van der Waals surface area contributed by atoms with Gasteiger partial charge < -0.3 is 4.57 Å². The lowest BCUT2D eigenvalue weighted by molar-refractivity contribution is -0.384. The SMILES string of the molecule is CCn1c(SCC(=O)N/N=C/c2cc([N+](=O)[O-])ccc2Cl)nc2ccccc21. The van der Waals surface area contributed by atoms with Gasteiger partial charge in [0.25, 0.3) is 11.6 Å². The number of hydrogen-bond acceptors (Lipinski definition) is 6. The van der Waals surface area contributed by atoms with Crippen LogP contribution < -0.4 is 5.43 Å². The Balaban J connectivity index is 1.62. The summed E-state index contributed by atoms with van der Waals surface area (Å²) >= 11 is 7.30. The van der Waals surface area contributed by atoms with Crippen molar-refractivity contribution in [2.45, 2.75) is 18.6 Å². The van der Waals surface area contributed by atoms with Gasteiger partial charge in [0.2, 0.25) is 0 Å². The van der Waals surface area contributed by atoms with Crippen LogP contribution in [0, 0.1) is 10.1 Å². The van der Waals surface area contributed by atoms with Crippen molar-refractivity contribution >= 4 is 52.2 Å². The number of benzene rings is 2. The first-order valence-corrected chi connectivity index (χ1v) is 9.70. The number of thioether (sulfide) groups is 1. The Morgan fingerprint density at radius 3 is 2.93 bits per heavy atom. The van der Waals surface area contributed by atoms with Gasteiger partial charge in [0, 0.05) is 29.3 Å². The van der Waals surface area contributed by atoms with E-state index in [1.165, 1.54) is 36.2 Å². The lowest BCUT2D eigenvalue weighted by atomic mass is 10.2. The number of amides is 1. The van der Waals surface area contributed by atoms with Crippen molar-refractivity contribution in [2.24, 2.45) is 5.10 Å². The fourth-order valence-electron chi connectivity index (χ4n) is 2.55. The van der Waals surface area contributed by atoms with Crippen molar-refractivity contribution in [3.63, 3.8) is 0 Å². The molecule has 0 bridgehead atoms. The fraction of sp³-hybridized carbons (Fsp3) is 0.167. The van der Waals surface area contributed by atoms with Crippen LogP contribution in [0.4, 0.5) is 5.69 Å². The van der Waals surface area contributed by atoms with Crippen molar-refractivity contribution in [3.05, 3.63) is 63.2 Å². The first-order chi connectivity index (χ1) is 13.5. The van der Waals surface area contributed by atoms with Gasteiger partial charge in [-0.05, 0) is 25.1 Å². The number of aryl methyl sites for hydroxylation is 1. The van der Waals surface area contributed by atoms with Gasteiger partial charge in [-0.1, -0.05) is 35.5 Å². The molecular weight excluding hydrogens is 402 g/mol. The summed E-state index contributed by atoms with van der Waals surface area (Å²) in [5, 5.41) is 15.7. The van der Waals surface area contributed by atoms with Gasteiger partial charge in [0.1, 0.15) is 0 Å². The summed E-state index contributed by atoms with van der Waals surface area (Å²) < 4.78 is 2.04. The van der Waals surface area contributed by atoms with Gasteiger partial charge in [0.15, 0.2) is 5.16 Å². The average Bonchev–Trinajstić information content (AvgIpc) is 3.05. The molecule has 3 aromatic rings. The molecule has 1 heterocycles. The van der Waals surface area contributed by atoms with E-state index in [1.807, 2.05) is 35.8 Å². The third-order valence-corrected chi connectivity index (χ3v) is 5.17. The zero-order valence-electron chi connectivity index (χ0n) is 14.8. The van der Waals surface area contributed by atoms with Crippen LogP contribution in [0.15, 0.2) is 52.7 Å². The van der Waals surface area contributed by atoms with Crippen molar-refractivity contribution < 1.29 is 9.72 Å². The molecule has 1 amide bonds. The van der Waals surface area contributed by atoms with Gasteiger partial charge in [-0.15, -0.1) is 0 Å². The molecule has 0 aliphatic carbocycles. The molecule has 0 spiro atoms. The number of nitro benzene ring substituents is 1.